The van der Waals surface area contributed by atoms with Crippen LogP contribution in [0.15, 0.2) is 30.3 Å². The first-order valence-electron chi connectivity index (χ1n) is 10.2. The molecule has 2 saturated carbocycles. The Morgan fingerprint density at radius 2 is 2.07 bits per heavy atom. The van der Waals surface area contributed by atoms with Crippen molar-refractivity contribution >= 4 is 23.3 Å². The van der Waals surface area contributed by atoms with Crippen molar-refractivity contribution in [2.24, 2.45) is 11.8 Å². The summed E-state index contributed by atoms with van der Waals surface area (Å²) < 4.78 is 1.94. The van der Waals surface area contributed by atoms with E-state index in [9.17, 15) is 19.7 Å². The highest BCUT2D eigenvalue weighted by atomic mass is 16.6. The Bertz CT molecular complexity index is 1000. The standard InChI is InChI=1S/C21H25N5O4/c1-12-8-19(25(24-12)18-10-14-6-7-15(18)9-14)23-20(27)13(2)22-21(28)16-4-3-5-17(11-16)26(29)30/h3-5,8,11,13-15,18H,6-7,9-10H2,1-2H3,(H,22,28)(H,23,27)/t13-,14-,15-,18-/m0/s1. The molecule has 30 heavy (non-hydrogen) atoms. The molecule has 9 nitrogen and oxygen atoms in total. The Kier molecular flexibility index (Phi) is 5.27. The maximum atomic E-state index is 12.7. The smallest absolute Gasteiger partial charge is 0.270 e. The summed E-state index contributed by atoms with van der Waals surface area (Å²) in [6, 6.07) is 6.75. The second-order valence-electron chi connectivity index (χ2n) is 8.35. The molecule has 2 aromatic rings. The number of benzene rings is 1. The maximum Gasteiger partial charge on any atom is 0.270 e. The lowest BCUT2D eigenvalue weighted by Crippen LogP contribution is -2.42. The summed E-state index contributed by atoms with van der Waals surface area (Å²) in [5.74, 6) is 1.10. The number of nitro benzene ring substituents is 1. The first-order chi connectivity index (χ1) is 14.3. The lowest BCUT2D eigenvalue weighted by Gasteiger charge is -2.24. The van der Waals surface area contributed by atoms with Crippen molar-refractivity contribution in [3.8, 4) is 0 Å². The molecule has 2 N–H and O–H groups in total. The van der Waals surface area contributed by atoms with Gasteiger partial charge in [0.05, 0.1) is 16.7 Å². The van der Waals surface area contributed by atoms with Crippen molar-refractivity contribution < 1.29 is 14.5 Å². The lowest BCUT2D eigenvalue weighted by atomic mass is 9.95. The molecular weight excluding hydrogens is 386 g/mol. The van der Waals surface area contributed by atoms with Crippen LogP contribution in [0.1, 0.15) is 54.7 Å². The van der Waals surface area contributed by atoms with Crippen LogP contribution in [0.25, 0.3) is 0 Å². The second-order valence-corrected chi connectivity index (χ2v) is 8.35. The highest BCUT2D eigenvalue weighted by Gasteiger charge is 2.41. The van der Waals surface area contributed by atoms with E-state index >= 15 is 0 Å². The lowest BCUT2D eigenvalue weighted by molar-refractivity contribution is -0.384. The number of hydrogen-bond acceptors (Lipinski definition) is 5. The van der Waals surface area contributed by atoms with Crippen LogP contribution in [-0.4, -0.2) is 32.6 Å². The number of aryl methyl sites for hydroxylation is 1. The van der Waals surface area contributed by atoms with Crippen LogP contribution in [-0.2, 0) is 4.79 Å². The van der Waals surface area contributed by atoms with Gasteiger partial charge in [-0.05, 0) is 51.0 Å². The number of carbonyl (C=O) groups excluding carboxylic acids is 2. The topological polar surface area (TPSA) is 119 Å². The number of nitrogens with one attached hydrogen (secondary N) is 2. The number of rotatable bonds is 6. The van der Waals surface area contributed by atoms with E-state index in [2.05, 4.69) is 15.7 Å². The van der Waals surface area contributed by atoms with Gasteiger partial charge in [-0.2, -0.15) is 5.10 Å². The van der Waals surface area contributed by atoms with Crippen LogP contribution in [0, 0.1) is 28.9 Å². The molecular formula is C21H25N5O4. The number of carbonyl (C=O) groups is 2. The fraction of sp³-hybridized carbons (Fsp3) is 0.476. The number of aromatic nitrogens is 2. The zero-order valence-electron chi connectivity index (χ0n) is 17.0. The normalized spacial score (nSPS) is 23.2. The molecule has 1 heterocycles. The van der Waals surface area contributed by atoms with Gasteiger partial charge in [0, 0.05) is 23.8 Å². The Labute approximate surface area is 174 Å². The van der Waals surface area contributed by atoms with Crippen LogP contribution in [0.2, 0.25) is 0 Å². The largest absolute Gasteiger partial charge is 0.341 e. The van der Waals surface area contributed by atoms with Crippen LogP contribution in [0.5, 0.6) is 0 Å². The number of anilines is 1. The van der Waals surface area contributed by atoms with Gasteiger partial charge in [-0.15, -0.1) is 0 Å². The zero-order chi connectivity index (χ0) is 21.4. The summed E-state index contributed by atoms with van der Waals surface area (Å²) in [5.41, 5.74) is 0.790. The molecule has 0 aliphatic heterocycles. The number of fused-ring (bicyclic) bond motifs is 2. The summed E-state index contributed by atoms with van der Waals surface area (Å²) >= 11 is 0. The first-order valence-corrected chi connectivity index (χ1v) is 10.2. The Balaban J connectivity index is 1.42. The predicted molar refractivity (Wildman–Crippen MR) is 110 cm³/mol. The molecule has 2 aliphatic carbocycles. The monoisotopic (exact) mass is 411 g/mol. The van der Waals surface area contributed by atoms with E-state index < -0.39 is 16.9 Å². The van der Waals surface area contributed by atoms with Crippen molar-refractivity contribution in [3.63, 3.8) is 0 Å². The van der Waals surface area contributed by atoms with E-state index in [1.165, 1.54) is 43.5 Å². The van der Waals surface area contributed by atoms with E-state index in [1.54, 1.807) is 6.92 Å². The molecule has 0 unspecified atom stereocenters. The molecule has 158 valence electrons. The summed E-state index contributed by atoms with van der Waals surface area (Å²) in [5, 5.41) is 21.0. The van der Waals surface area contributed by atoms with Gasteiger partial charge in [0.15, 0.2) is 0 Å². The summed E-state index contributed by atoms with van der Waals surface area (Å²) in [7, 11) is 0. The molecule has 2 amide bonds. The maximum absolute atomic E-state index is 12.7. The number of amides is 2. The van der Waals surface area contributed by atoms with Gasteiger partial charge in [-0.1, -0.05) is 12.5 Å². The second kappa shape index (κ2) is 7.89. The first kappa shape index (κ1) is 20.1. The third kappa shape index (κ3) is 3.92. The van der Waals surface area contributed by atoms with Gasteiger partial charge in [-0.25, -0.2) is 4.68 Å². The van der Waals surface area contributed by atoms with E-state index in [4.69, 9.17) is 0 Å². The van der Waals surface area contributed by atoms with E-state index in [1.807, 2.05) is 17.7 Å². The van der Waals surface area contributed by atoms with Crippen molar-refractivity contribution in [1.29, 1.82) is 0 Å². The van der Waals surface area contributed by atoms with Gasteiger partial charge in [0.25, 0.3) is 11.6 Å². The average molecular weight is 411 g/mol. The third-order valence-electron chi connectivity index (χ3n) is 6.18. The fourth-order valence-corrected chi connectivity index (χ4v) is 4.71. The highest BCUT2D eigenvalue weighted by Crippen LogP contribution is 2.51. The Morgan fingerprint density at radius 1 is 1.27 bits per heavy atom. The quantitative estimate of drug-likeness (QED) is 0.559. The van der Waals surface area contributed by atoms with E-state index in [0.29, 0.717) is 17.8 Å². The number of non-ortho nitro benzene ring substituents is 1. The van der Waals surface area contributed by atoms with Crippen LogP contribution >= 0.6 is 0 Å². The molecule has 0 radical (unpaired) electrons. The Morgan fingerprint density at radius 3 is 2.73 bits per heavy atom. The average Bonchev–Trinajstić information content (AvgIpc) is 3.43. The highest BCUT2D eigenvalue weighted by molar-refractivity contribution is 6.01. The molecule has 0 spiro atoms. The molecule has 1 aromatic heterocycles. The third-order valence-corrected chi connectivity index (χ3v) is 6.18. The minimum absolute atomic E-state index is 0.131. The summed E-state index contributed by atoms with van der Waals surface area (Å²) in [6.45, 7) is 3.47. The molecule has 2 fully saturated rings. The van der Waals surface area contributed by atoms with E-state index in [-0.39, 0.29) is 17.2 Å². The minimum atomic E-state index is -0.819. The number of nitro groups is 1. The SMILES string of the molecule is Cc1cc(NC(=O)[C@H](C)NC(=O)c2cccc([N+](=O)[O-])c2)n([C@H]2C[C@H]3CC[C@H]2C3)n1. The molecule has 9 heteroatoms. The van der Waals surface area contributed by atoms with Crippen molar-refractivity contribution in [2.45, 2.75) is 51.6 Å². The molecule has 4 rings (SSSR count). The van der Waals surface area contributed by atoms with Crippen molar-refractivity contribution in [1.82, 2.24) is 15.1 Å². The molecule has 1 aromatic carbocycles. The van der Waals surface area contributed by atoms with Crippen LogP contribution in [0.4, 0.5) is 11.5 Å². The zero-order valence-corrected chi connectivity index (χ0v) is 17.0. The molecule has 2 bridgehead atoms. The van der Waals surface area contributed by atoms with Crippen LogP contribution < -0.4 is 10.6 Å². The molecule has 4 atom stereocenters. The van der Waals surface area contributed by atoms with Gasteiger partial charge in [0.1, 0.15) is 11.9 Å². The van der Waals surface area contributed by atoms with Gasteiger partial charge < -0.3 is 10.6 Å². The van der Waals surface area contributed by atoms with Crippen molar-refractivity contribution in [2.75, 3.05) is 5.32 Å². The summed E-state index contributed by atoms with van der Waals surface area (Å²) in [6.07, 6.45) is 4.81. The van der Waals surface area contributed by atoms with Gasteiger partial charge >= 0.3 is 0 Å². The van der Waals surface area contributed by atoms with Gasteiger partial charge in [-0.3, -0.25) is 19.7 Å². The number of hydrogen-bond donors (Lipinski definition) is 2. The molecule has 0 saturated heterocycles. The van der Waals surface area contributed by atoms with Crippen LogP contribution in [0.3, 0.4) is 0 Å². The minimum Gasteiger partial charge on any atom is -0.341 e. The molecule has 2 aliphatic rings. The van der Waals surface area contributed by atoms with E-state index in [0.717, 1.165) is 18.0 Å². The van der Waals surface area contributed by atoms with Crippen molar-refractivity contribution in [3.05, 3.63) is 51.7 Å². The van der Waals surface area contributed by atoms with Gasteiger partial charge in [0.2, 0.25) is 5.91 Å². The Hall–Kier alpha value is -3.23. The number of nitrogens with zero attached hydrogens (tertiary/aromatic N) is 3. The summed E-state index contributed by atoms with van der Waals surface area (Å²) in [4.78, 5) is 35.5. The predicted octanol–water partition coefficient (Wildman–Crippen LogP) is 3.22. The fourth-order valence-electron chi connectivity index (χ4n) is 4.71.